The lowest BCUT2D eigenvalue weighted by Gasteiger charge is -2.31. The molecular weight excluding hydrogens is 376 g/mol. The first kappa shape index (κ1) is 18.9. The summed E-state index contributed by atoms with van der Waals surface area (Å²) in [5.41, 5.74) is 0. The molecule has 120 valence electrons. The number of rotatable bonds is 5. The summed E-state index contributed by atoms with van der Waals surface area (Å²) in [7, 11) is -3.44. The van der Waals surface area contributed by atoms with Crippen LogP contribution in [0, 0.1) is 0 Å². The zero-order valence-electron chi connectivity index (χ0n) is 12.1. The van der Waals surface area contributed by atoms with Crippen LogP contribution in [-0.4, -0.2) is 39.0 Å². The van der Waals surface area contributed by atoms with Crippen LogP contribution in [-0.2, 0) is 10.0 Å². The summed E-state index contributed by atoms with van der Waals surface area (Å²) in [4.78, 5) is 2.71. The van der Waals surface area contributed by atoms with Gasteiger partial charge in [-0.3, -0.25) is 0 Å². The van der Waals surface area contributed by atoms with Crippen molar-refractivity contribution in [1.29, 1.82) is 0 Å². The van der Waals surface area contributed by atoms with E-state index < -0.39 is 10.0 Å². The van der Waals surface area contributed by atoms with Gasteiger partial charge in [-0.25, -0.2) is 13.1 Å². The molecule has 0 aliphatic carbocycles. The molecule has 0 aromatic heterocycles. The molecule has 0 unspecified atom stereocenters. The highest BCUT2D eigenvalue weighted by Gasteiger charge is 2.25. The lowest BCUT2D eigenvalue weighted by molar-refractivity contribution is 0.208. The molecule has 0 bridgehead atoms. The van der Waals surface area contributed by atoms with Crippen molar-refractivity contribution in [3.05, 3.63) is 28.7 Å². The molecule has 21 heavy (non-hydrogen) atoms. The Morgan fingerprint density at radius 3 is 2.48 bits per heavy atom. The van der Waals surface area contributed by atoms with Crippen molar-refractivity contribution in [2.45, 2.75) is 37.1 Å². The van der Waals surface area contributed by atoms with Gasteiger partial charge in [0.05, 0.1) is 4.90 Å². The average molecular weight is 398 g/mol. The highest BCUT2D eigenvalue weighted by Crippen LogP contribution is 2.22. The first-order valence-corrected chi connectivity index (χ1v) is 9.30. The third kappa shape index (κ3) is 5.21. The van der Waals surface area contributed by atoms with Crippen LogP contribution >= 0.6 is 28.3 Å². The Kier molecular flexibility index (Phi) is 7.64. The van der Waals surface area contributed by atoms with Crippen molar-refractivity contribution in [2.75, 3.05) is 19.6 Å². The smallest absolute Gasteiger partial charge is 0.241 e. The lowest BCUT2D eigenvalue weighted by Crippen LogP contribution is -2.44. The number of halogens is 2. The predicted molar refractivity (Wildman–Crippen MR) is 91.5 cm³/mol. The fraction of sp³-hybridized carbons (Fsp3) is 0.571. The van der Waals surface area contributed by atoms with E-state index in [2.05, 4.69) is 32.5 Å². The topological polar surface area (TPSA) is 49.4 Å². The standard InChI is InChI=1S/C14H21BrN2O2S.ClH/c1-2-9-17-10-7-12(8-11-17)16-20(18,19)14-6-4-3-5-13(14)15;/h3-6,12,16H,2,7-11H2,1H3;1H. The Bertz CT molecular complexity index is 546. The zero-order valence-corrected chi connectivity index (χ0v) is 15.3. The van der Waals surface area contributed by atoms with Crippen LogP contribution in [0.15, 0.2) is 33.6 Å². The largest absolute Gasteiger partial charge is 0.303 e. The van der Waals surface area contributed by atoms with Crippen molar-refractivity contribution in [3.8, 4) is 0 Å². The maximum atomic E-state index is 12.4. The van der Waals surface area contributed by atoms with Gasteiger partial charge in [-0.2, -0.15) is 0 Å². The first-order valence-electron chi connectivity index (χ1n) is 7.02. The van der Waals surface area contributed by atoms with Crippen molar-refractivity contribution in [1.82, 2.24) is 9.62 Å². The molecule has 1 aromatic carbocycles. The van der Waals surface area contributed by atoms with Gasteiger partial charge in [0, 0.05) is 10.5 Å². The van der Waals surface area contributed by atoms with Crippen LogP contribution in [0.1, 0.15) is 26.2 Å². The molecule has 1 aliphatic heterocycles. The van der Waals surface area contributed by atoms with Gasteiger partial charge in [-0.1, -0.05) is 19.1 Å². The molecule has 1 aliphatic rings. The molecule has 2 rings (SSSR count). The minimum Gasteiger partial charge on any atom is -0.303 e. The summed E-state index contributed by atoms with van der Waals surface area (Å²) in [6.07, 6.45) is 2.90. The van der Waals surface area contributed by atoms with Gasteiger partial charge in [-0.15, -0.1) is 12.4 Å². The van der Waals surface area contributed by atoms with Crippen molar-refractivity contribution in [3.63, 3.8) is 0 Å². The Balaban J connectivity index is 0.00000220. The van der Waals surface area contributed by atoms with Gasteiger partial charge in [0.25, 0.3) is 0 Å². The number of likely N-dealkylation sites (tertiary alicyclic amines) is 1. The highest BCUT2D eigenvalue weighted by atomic mass is 79.9. The molecule has 1 saturated heterocycles. The van der Waals surface area contributed by atoms with E-state index in [4.69, 9.17) is 0 Å². The van der Waals surface area contributed by atoms with E-state index in [1.165, 1.54) is 0 Å². The normalized spacial score (nSPS) is 17.4. The molecule has 1 heterocycles. The molecule has 0 amide bonds. The number of hydrogen-bond donors (Lipinski definition) is 1. The van der Waals surface area contributed by atoms with Gasteiger partial charge >= 0.3 is 0 Å². The molecule has 1 fully saturated rings. The zero-order chi connectivity index (χ0) is 14.6. The molecule has 7 heteroatoms. The second-order valence-electron chi connectivity index (χ2n) is 5.17. The lowest BCUT2D eigenvalue weighted by atomic mass is 10.1. The number of piperidine rings is 1. The molecular formula is C14H22BrClN2O2S. The minimum atomic E-state index is -3.44. The molecule has 0 atom stereocenters. The van der Waals surface area contributed by atoms with Crippen molar-refractivity contribution in [2.24, 2.45) is 0 Å². The van der Waals surface area contributed by atoms with Crippen molar-refractivity contribution >= 4 is 38.4 Å². The van der Waals surface area contributed by atoms with E-state index in [9.17, 15) is 8.42 Å². The second kappa shape index (κ2) is 8.48. The molecule has 1 N–H and O–H groups in total. The maximum Gasteiger partial charge on any atom is 0.241 e. The SMILES string of the molecule is CCCN1CCC(NS(=O)(=O)c2ccccc2Br)CC1.Cl. The predicted octanol–water partition coefficient (Wildman–Crippen LogP) is 3.02. The fourth-order valence-electron chi connectivity index (χ4n) is 2.54. The van der Waals surface area contributed by atoms with E-state index in [0.717, 1.165) is 38.9 Å². The molecule has 0 spiro atoms. The number of hydrogen-bond acceptors (Lipinski definition) is 3. The van der Waals surface area contributed by atoms with Crippen LogP contribution in [0.5, 0.6) is 0 Å². The summed E-state index contributed by atoms with van der Waals surface area (Å²) in [6, 6.07) is 6.97. The molecule has 0 saturated carbocycles. The maximum absolute atomic E-state index is 12.4. The van der Waals surface area contributed by atoms with E-state index in [-0.39, 0.29) is 18.4 Å². The number of nitrogens with one attached hydrogen (secondary N) is 1. The van der Waals surface area contributed by atoms with Gasteiger partial charge in [0.1, 0.15) is 0 Å². The summed E-state index contributed by atoms with van der Waals surface area (Å²) in [5.74, 6) is 0. The monoisotopic (exact) mass is 396 g/mol. The van der Waals surface area contributed by atoms with Crippen LogP contribution in [0.4, 0.5) is 0 Å². The average Bonchev–Trinajstić information content (AvgIpc) is 2.41. The van der Waals surface area contributed by atoms with Crippen LogP contribution in [0.2, 0.25) is 0 Å². The Hall–Kier alpha value is -0.140. The number of sulfonamides is 1. The van der Waals surface area contributed by atoms with Gasteiger partial charge in [0.15, 0.2) is 0 Å². The van der Waals surface area contributed by atoms with E-state index in [1.54, 1.807) is 18.2 Å². The Morgan fingerprint density at radius 2 is 1.90 bits per heavy atom. The summed E-state index contributed by atoms with van der Waals surface area (Å²) in [6.45, 7) is 5.21. The van der Waals surface area contributed by atoms with Crippen LogP contribution in [0.25, 0.3) is 0 Å². The Labute approximate surface area is 141 Å². The number of nitrogens with zero attached hydrogens (tertiary/aromatic N) is 1. The fourth-order valence-corrected chi connectivity index (χ4v) is 4.84. The van der Waals surface area contributed by atoms with E-state index in [1.807, 2.05) is 6.07 Å². The minimum absolute atomic E-state index is 0. The Morgan fingerprint density at radius 1 is 1.29 bits per heavy atom. The highest BCUT2D eigenvalue weighted by molar-refractivity contribution is 9.10. The van der Waals surface area contributed by atoms with E-state index in [0.29, 0.717) is 9.37 Å². The molecule has 0 radical (unpaired) electrons. The summed E-state index contributed by atoms with van der Waals surface area (Å²) in [5, 5.41) is 0. The van der Waals surface area contributed by atoms with Crippen LogP contribution in [0.3, 0.4) is 0 Å². The third-order valence-corrected chi connectivity index (χ3v) is 6.11. The summed E-state index contributed by atoms with van der Waals surface area (Å²) < 4.78 is 28.2. The van der Waals surface area contributed by atoms with Gasteiger partial charge in [0.2, 0.25) is 10.0 Å². The van der Waals surface area contributed by atoms with Gasteiger partial charge < -0.3 is 4.90 Å². The van der Waals surface area contributed by atoms with Crippen LogP contribution < -0.4 is 4.72 Å². The third-order valence-electron chi connectivity index (χ3n) is 3.58. The van der Waals surface area contributed by atoms with E-state index >= 15 is 0 Å². The van der Waals surface area contributed by atoms with Crippen molar-refractivity contribution < 1.29 is 8.42 Å². The summed E-state index contributed by atoms with van der Waals surface area (Å²) >= 11 is 3.30. The first-order chi connectivity index (χ1) is 9.53. The second-order valence-corrected chi connectivity index (χ2v) is 7.70. The van der Waals surface area contributed by atoms with Gasteiger partial charge in [-0.05, 0) is 67.0 Å². The quantitative estimate of drug-likeness (QED) is 0.831. The molecule has 4 nitrogen and oxygen atoms in total. The molecule has 1 aromatic rings. The number of benzene rings is 1.